The predicted octanol–water partition coefficient (Wildman–Crippen LogP) is 4.29. The summed E-state index contributed by atoms with van der Waals surface area (Å²) < 4.78 is 0. The minimum Gasteiger partial charge on any atom is -0.314 e. The normalized spacial score (nSPS) is 19.6. The van der Waals surface area contributed by atoms with Gasteiger partial charge in [-0.25, -0.2) is 0 Å². The van der Waals surface area contributed by atoms with Gasteiger partial charge in [0.2, 0.25) is 0 Å². The maximum absolute atomic E-state index is 3.81. The van der Waals surface area contributed by atoms with Gasteiger partial charge in [0.25, 0.3) is 0 Å². The summed E-state index contributed by atoms with van der Waals surface area (Å²) in [5.41, 5.74) is 0. The average Bonchev–Trinajstić information content (AvgIpc) is 2.34. The van der Waals surface area contributed by atoms with E-state index in [1.807, 2.05) is 6.08 Å². The standard InChI is InChI=1S/C15H29N/c1-3-5-11-15(16-4-2)13-12-14-9-7-6-8-10-14/h3,14-16H,1,4-13H2,2H3. The fraction of sp³-hybridized carbons (Fsp3) is 0.867. The zero-order valence-corrected chi connectivity index (χ0v) is 11.0. The molecule has 1 aliphatic rings. The van der Waals surface area contributed by atoms with Gasteiger partial charge in [-0.3, -0.25) is 0 Å². The van der Waals surface area contributed by atoms with Crippen LogP contribution in [0, 0.1) is 5.92 Å². The molecule has 1 saturated carbocycles. The molecular weight excluding hydrogens is 194 g/mol. The molecule has 1 atom stereocenters. The van der Waals surface area contributed by atoms with Crippen molar-refractivity contribution in [2.24, 2.45) is 5.92 Å². The van der Waals surface area contributed by atoms with Crippen LogP contribution in [0.3, 0.4) is 0 Å². The number of rotatable bonds is 8. The second-order valence-corrected chi connectivity index (χ2v) is 5.20. The lowest BCUT2D eigenvalue weighted by Crippen LogP contribution is -2.29. The third kappa shape index (κ3) is 5.69. The summed E-state index contributed by atoms with van der Waals surface area (Å²) in [6.45, 7) is 7.13. The van der Waals surface area contributed by atoms with Crippen molar-refractivity contribution in [3.8, 4) is 0 Å². The summed E-state index contributed by atoms with van der Waals surface area (Å²) in [5, 5.41) is 3.61. The third-order valence-corrected chi connectivity index (χ3v) is 3.86. The van der Waals surface area contributed by atoms with E-state index in [9.17, 15) is 0 Å². The molecule has 0 saturated heterocycles. The molecule has 0 aliphatic heterocycles. The lowest BCUT2D eigenvalue weighted by Gasteiger charge is -2.24. The van der Waals surface area contributed by atoms with E-state index in [1.54, 1.807) is 0 Å². The summed E-state index contributed by atoms with van der Waals surface area (Å²) in [4.78, 5) is 0. The molecule has 1 rings (SSSR count). The number of hydrogen-bond donors (Lipinski definition) is 1. The molecule has 1 fully saturated rings. The quantitative estimate of drug-likeness (QED) is 0.605. The lowest BCUT2D eigenvalue weighted by molar-refractivity contribution is 0.310. The summed E-state index contributed by atoms with van der Waals surface area (Å²) >= 11 is 0. The van der Waals surface area contributed by atoms with Crippen LogP contribution in [-0.4, -0.2) is 12.6 Å². The van der Waals surface area contributed by atoms with E-state index in [0.717, 1.165) is 24.9 Å². The Morgan fingerprint density at radius 3 is 2.62 bits per heavy atom. The van der Waals surface area contributed by atoms with Gasteiger partial charge >= 0.3 is 0 Å². The average molecular weight is 223 g/mol. The van der Waals surface area contributed by atoms with Crippen LogP contribution >= 0.6 is 0 Å². The topological polar surface area (TPSA) is 12.0 Å². The molecule has 0 aromatic heterocycles. The first-order valence-electron chi connectivity index (χ1n) is 7.21. The molecule has 0 spiro atoms. The highest BCUT2D eigenvalue weighted by molar-refractivity contribution is 4.75. The first-order chi connectivity index (χ1) is 7.86. The van der Waals surface area contributed by atoms with Crippen molar-refractivity contribution >= 4 is 0 Å². The first kappa shape index (κ1) is 13.8. The summed E-state index contributed by atoms with van der Waals surface area (Å²) in [7, 11) is 0. The van der Waals surface area contributed by atoms with E-state index in [0.29, 0.717) is 0 Å². The smallest absolute Gasteiger partial charge is 0.00699 e. The van der Waals surface area contributed by atoms with Crippen LogP contribution in [0.15, 0.2) is 12.7 Å². The Kier molecular flexibility index (Phi) is 7.58. The monoisotopic (exact) mass is 223 g/mol. The van der Waals surface area contributed by atoms with E-state index in [1.165, 1.54) is 51.4 Å². The number of nitrogens with one attached hydrogen (secondary N) is 1. The minimum absolute atomic E-state index is 0.727. The lowest BCUT2D eigenvalue weighted by atomic mass is 9.85. The molecule has 0 bridgehead atoms. The van der Waals surface area contributed by atoms with Gasteiger partial charge in [0.15, 0.2) is 0 Å². The van der Waals surface area contributed by atoms with E-state index in [-0.39, 0.29) is 0 Å². The molecule has 16 heavy (non-hydrogen) atoms. The van der Waals surface area contributed by atoms with E-state index in [2.05, 4.69) is 18.8 Å². The predicted molar refractivity (Wildman–Crippen MR) is 72.7 cm³/mol. The van der Waals surface area contributed by atoms with Gasteiger partial charge < -0.3 is 5.32 Å². The van der Waals surface area contributed by atoms with Crippen molar-refractivity contribution < 1.29 is 0 Å². The van der Waals surface area contributed by atoms with Gasteiger partial charge in [-0.15, -0.1) is 6.58 Å². The molecule has 94 valence electrons. The highest BCUT2D eigenvalue weighted by Gasteiger charge is 2.15. The third-order valence-electron chi connectivity index (χ3n) is 3.86. The van der Waals surface area contributed by atoms with Crippen LogP contribution in [-0.2, 0) is 0 Å². The summed E-state index contributed by atoms with van der Waals surface area (Å²) in [6, 6.07) is 0.727. The fourth-order valence-electron chi connectivity index (χ4n) is 2.87. The van der Waals surface area contributed by atoms with Gasteiger partial charge in [-0.05, 0) is 38.1 Å². The van der Waals surface area contributed by atoms with Crippen LogP contribution in [0.1, 0.15) is 64.7 Å². The molecule has 1 unspecified atom stereocenters. The van der Waals surface area contributed by atoms with E-state index < -0.39 is 0 Å². The van der Waals surface area contributed by atoms with Crippen LogP contribution in [0.4, 0.5) is 0 Å². The number of allylic oxidation sites excluding steroid dienone is 1. The van der Waals surface area contributed by atoms with Crippen molar-refractivity contribution in [1.29, 1.82) is 0 Å². The highest BCUT2D eigenvalue weighted by Crippen LogP contribution is 2.28. The Labute approximate surface area is 102 Å². The Hall–Kier alpha value is -0.300. The Morgan fingerprint density at radius 1 is 1.25 bits per heavy atom. The van der Waals surface area contributed by atoms with Crippen molar-refractivity contribution in [2.45, 2.75) is 70.8 Å². The van der Waals surface area contributed by atoms with Gasteiger partial charge in [0.05, 0.1) is 0 Å². The maximum Gasteiger partial charge on any atom is 0.00699 e. The minimum atomic E-state index is 0.727. The molecule has 0 amide bonds. The molecule has 0 aromatic carbocycles. The molecule has 0 heterocycles. The molecular formula is C15H29N. The molecule has 1 N–H and O–H groups in total. The van der Waals surface area contributed by atoms with Crippen LogP contribution in [0.2, 0.25) is 0 Å². The molecule has 0 aromatic rings. The van der Waals surface area contributed by atoms with Crippen molar-refractivity contribution in [3.63, 3.8) is 0 Å². The van der Waals surface area contributed by atoms with Crippen LogP contribution in [0.5, 0.6) is 0 Å². The fourth-order valence-corrected chi connectivity index (χ4v) is 2.87. The second kappa shape index (κ2) is 8.81. The summed E-state index contributed by atoms with van der Waals surface area (Å²) in [6.07, 6.45) is 14.7. The Morgan fingerprint density at radius 2 is 2.00 bits per heavy atom. The maximum atomic E-state index is 3.81. The van der Waals surface area contributed by atoms with E-state index in [4.69, 9.17) is 0 Å². The van der Waals surface area contributed by atoms with Crippen molar-refractivity contribution in [1.82, 2.24) is 5.32 Å². The molecule has 1 heteroatoms. The molecule has 1 aliphatic carbocycles. The van der Waals surface area contributed by atoms with Crippen molar-refractivity contribution in [3.05, 3.63) is 12.7 Å². The molecule has 1 nitrogen and oxygen atoms in total. The Bertz CT molecular complexity index is 170. The van der Waals surface area contributed by atoms with Crippen LogP contribution in [0.25, 0.3) is 0 Å². The number of hydrogen-bond acceptors (Lipinski definition) is 1. The first-order valence-corrected chi connectivity index (χ1v) is 7.21. The largest absolute Gasteiger partial charge is 0.314 e. The second-order valence-electron chi connectivity index (χ2n) is 5.20. The van der Waals surface area contributed by atoms with Crippen LogP contribution < -0.4 is 5.32 Å². The summed E-state index contributed by atoms with van der Waals surface area (Å²) in [5.74, 6) is 1.03. The zero-order chi connectivity index (χ0) is 11.6. The van der Waals surface area contributed by atoms with Gasteiger partial charge in [0, 0.05) is 6.04 Å². The van der Waals surface area contributed by atoms with Crippen molar-refractivity contribution in [2.75, 3.05) is 6.54 Å². The van der Waals surface area contributed by atoms with Gasteiger partial charge in [-0.2, -0.15) is 0 Å². The van der Waals surface area contributed by atoms with Gasteiger partial charge in [0.1, 0.15) is 0 Å². The Balaban J connectivity index is 2.16. The zero-order valence-electron chi connectivity index (χ0n) is 11.0. The molecule has 0 radical (unpaired) electrons. The van der Waals surface area contributed by atoms with Gasteiger partial charge in [-0.1, -0.05) is 45.1 Å². The van der Waals surface area contributed by atoms with E-state index >= 15 is 0 Å². The SMILES string of the molecule is C=CCCC(CCC1CCCCC1)NCC. The highest BCUT2D eigenvalue weighted by atomic mass is 14.9.